The zero-order valence-corrected chi connectivity index (χ0v) is 8.10. The van der Waals surface area contributed by atoms with Gasteiger partial charge in [0.1, 0.15) is 0 Å². The predicted octanol–water partition coefficient (Wildman–Crippen LogP) is 0.0916. The van der Waals surface area contributed by atoms with E-state index >= 15 is 0 Å². The highest BCUT2D eigenvalue weighted by atomic mass is 15.3. The minimum atomic E-state index is -0.461. The first-order chi connectivity index (χ1) is 6.25. The largest absolute Gasteiger partial charge is 0.429 e. The summed E-state index contributed by atoms with van der Waals surface area (Å²) in [7, 11) is -0.461. The van der Waals surface area contributed by atoms with Crippen molar-refractivity contribution in [2.45, 2.75) is 13.8 Å². The van der Waals surface area contributed by atoms with Gasteiger partial charge in [0, 0.05) is 6.20 Å². The Morgan fingerprint density at radius 1 is 1.38 bits per heavy atom. The van der Waals surface area contributed by atoms with Gasteiger partial charge in [-0.1, -0.05) is 0 Å². The Hall–Kier alpha value is -1.52. The highest BCUT2D eigenvalue weighted by molar-refractivity contribution is 6.30. The maximum Gasteiger partial charge on any atom is 0.198 e. The minimum absolute atomic E-state index is 0.461. The van der Waals surface area contributed by atoms with Crippen LogP contribution in [0.3, 0.4) is 0 Å². The molecule has 2 heterocycles. The topological polar surface area (TPSA) is 35.6 Å². The Kier molecular flexibility index (Phi) is 1.92. The average Bonchev–Trinajstić information content (AvgIpc) is 2.63. The molecule has 2 aromatic heterocycles. The number of rotatable bonds is 2. The Balaban J connectivity index is 2.23. The molecule has 2 rings (SSSR count). The molecule has 4 nitrogen and oxygen atoms in total. The second-order valence-corrected chi connectivity index (χ2v) is 3.43. The van der Waals surface area contributed by atoms with E-state index in [-0.39, 0.29) is 0 Å². The van der Waals surface area contributed by atoms with E-state index in [0.29, 0.717) is 0 Å². The van der Waals surface area contributed by atoms with Gasteiger partial charge >= 0.3 is 0 Å². The number of nitrogens with zero attached hydrogens (tertiary/aromatic N) is 4. The van der Waals surface area contributed by atoms with Crippen molar-refractivity contribution in [2.75, 3.05) is 0 Å². The molecule has 0 aliphatic carbocycles. The zero-order valence-electron chi connectivity index (χ0n) is 8.10. The number of aryl methyl sites for hydroxylation is 2. The molecule has 0 saturated heterocycles. The first-order valence-electron chi connectivity index (χ1n) is 4.50. The van der Waals surface area contributed by atoms with Gasteiger partial charge in [0.05, 0.1) is 5.69 Å². The standard InChI is InChI=1S/C8H12BN4/c1-7-6-8(2)13(11-7)9-12-5-3-4-10-12/h3-6H,9H2,1-2H3/q-1. The van der Waals surface area contributed by atoms with Crippen LogP contribution in [0.25, 0.3) is 0 Å². The van der Waals surface area contributed by atoms with Crippen molar-refractivity contribution in [2.24, 2.45) is 0 Å². The Morgan fingerprint density at radius 3 is 2.77 bits per heavy atom. The van der Waals surface area contributed by atoms with Crippen molar-refractivity contribution in [3.8, 4) is 0 Å². The molecule has 0 unspecified atom stereocenters. The molecule has 0 bridgehead atoms. The maximum atomic E-state index is 4.40. The highest BCUT2D eigenvalue weighted by Gasteiger charge is 1.95. The third-order valence-corrected chi connectivity index (χ3v) is 2.27. The molecule has 0 fully saturated rings. The summed E-state index contributed by atoms with van der Waals surface area (Å²) in [6.07, 6.45) is 3.78. The molecule has 0 atom stereocenters. The summed E-state index contributed by atoms with van der Waals surface area (Å²) in [5.74, 6) is 0. The highest BCUT2D eigenvalue weighted by Crippen LogP contribution is 1.99. The van der Waals surface area contributed by atoms with Crippen LogP contribution in [0, 0.1) is 13.8 Å². The van der Waals surface area contributed by atoms with Gasteiger partial charge in [0.25, 0.3) is 0 Å². The quantitative estimate of drug-likeness (QED) is 0.606. The van der Waals surface area contributed by atoms with Crippen LogP contribution in [0.15, 0.2) is 24.5 Å². The summed E-state index contributed by atoms with van der Waals surface area (Å²) < 4.78 is 4.03. The van der Waals surface area contributed by atoms with E-state index < -0.39 is 7.55 Å². The molecule has 68 valence electrons. The van der Waals surface area contributed by atoms with Gasteiger partial charge in [-0.2, -0.15) is 0 Å². The summed E-state index contributed by atoms with van der Waals surface area (Å²) >= 11 is 0. The molecule has 0 N–H and O–H groups in total. The van der Waals surface area contributed by atoms with E-state index in [1.807, 2.05) is 23.8 Å². The van der Waals surface area contributed by atoms with Crippen LogP contribution in [-0.4, -0.2) is 26.9 Å². The van der Waals surface area contributed by atoms with E-state index in [0.717, 1.165) is 5.69 Å². The molecule has 0 aliphatic heterocycles. The fraction of sp³-hybridized carbons (Fsp3) is 0.250. The molecule has 0 radical (unpaired) electrons. The first kappa shape index (κ1) is 8.10. The van der Waals surface area contributed by atoms with E-state index in [1.165, 1.54) is 5.69 Å². The van der Waals surface area contributed by atoms with Crippen LogP contribution in [0.2, 0.25) is 0 Å². The summed E-state index contributed by atoms with van der Waals surface area (Å²) in [5.41, 5.74) is 2.29. The van der Waals surface area contributed by atoms with E-state index in [4.69, 9.17) is 0 Å². The van der Waals surface area contributed by atoms with Gasteiger partial charge in [0.2, 0.25) is 0 Å². The van der Waals surface area contributed by atoms with Crippen LogP contribution in [0.5, 0.6) is 0 Å². The molecule has 0 aliphatic rings. The molecule has 0 amide bonds. The Labute approximate surface area is 77.5 Å². The zero-order chi connectivity index (χ0) is 9.26. The first-order valence-corrected chi connectivity index (χ1v) is 4.50. The molecule has 2 aromatic rings. The van der Waals surface area contributed by atoms with Crippen LogP contribution >= 0.6 is 0 Å². The van der Waals surface area contributed by atoms with E-state index in [9.17, 15) is 0 Å². The maximum absolute atomic E-state index is 4.40. The number of hydrogen-bond acceptors (Lipinski definition) is 2. The molecule has 13 heavy (non-hydrogen) atoms. The molecular weight excluding hydrogens is 163 g/mol. The van der Waals surface area contributed by atoms with Crippen molar-refractivity contribution in [1.82, 2.24) is 19.4 Å². The SMILES string of the molecule is Cc1cc(C)n([BH2-]n2cccn2)n1. The molecule has 0 spiro atoms. The average molecular weight is 175 g/mol. The van der Waals surface area contributed by atoms with Crippen molar-refractivity contribution in [1.29, 1.82) is 0 Å². The van der Waals surface area contributed by atoms with E-state index in [1.54, 1.807) is 6.20 Å². The fourth-order valence-electron chi connectivity index (χ4n) is 1.60. The lowest BCUT2D eigenvalue weighted by atomic mass is 10.2. The van der Waals surface area contributed by atoms with Gasteiger partial charge in [-0.15, -0.1) is 0 Å². The number of aromatic nitrogens is 4. The van der Waals surface area contributed by atoms with Gasteiger partial charge in [-0.25, -0.2) is 10.2 Å². The second-order valence-electron chi connectivity index (χ2n) is 3.43. The normalized spacial score (nSPS) is 10.6. The molecule has 5 heteroatoms. The van der Waals surface area contributed by atoms with Crippen molar-refractivity contribution in [3.63, 3.8) is 0 Å². The summed E-state index contributed by atoms with van der Waals surface area (Å²) in [6.45, 7) is 4.09. The van der Waals surface area contributed by atoms with Gasteiger partial charge in [-0.3, -0.25) is 0 Å². The smallest absolute Gasteiger partial charge is 0.198 e. The van der Waals surface area contributed by atoms with Crippen LogP contribution in [0.4, 0.5) is 0 Å². The molecular formula is C8H12BN4-. The summed E-state index contributed by atoms with van der Waals surface area (Å²) in [5, 5.41) is 8.57. The monoisotopic (exact) mass is 175 g/mol. The van der Waals surface area contributed by atoms with E-state index in [2.05, 4.69) is 27.8 Å². The second kappa shape index (κ2) is 3.09. The van der Waals surface area contributed by atoms with Crippen LogP contribution in [-0.2, 0) is 0 Å². The molecule has 0 aromatic carbocycles. The minimum Gasteiger partial charge on any atom is -0.429 e. The third-order valence-electron chi connectivity index (χ3n) is 2.27. The Morgan fingerprint density at radius 2 is 2.23 bits per heavy atom. The lowest BCUT2D eigenvalue weighted by Gasteiger charge is -2.12. The van der Waals surface area contributed by atoms with Gasteiger partial charge < -0.3 is 9.19 Å². The van der Waals surface area contributed by atoms with Crippen molar-refractivity contribution in [3.05, 3.63) is 35.9 Å². The summed E-state index contributed by atoms with van der Waals surface area (Å²) in [4.78, 5) is 0. The number of hydrogen-bond donors (Lipinski definition) is 0. The van der Waals surface area contributed by atoms with Gasteiger partial charge in [0.15, 0.2) is 7.55 Å². The fourth-order valence-corrected chi connectivity index (χ4v) is 1.60. The third kappa shape index (κ3) is 1.64. The lowest BCUT2D eigenvalue weighted by molar-refractivity contribution is 0.854. The predicted molar refractivity (Wildman–Crippen MR) is 53.3 cm³/mol. The van der Waals surface area contributed by atoms with Crippen LogP contribution in [0.1, 0.15) is 11.4 Å². The lowest BCUT2D eigenvalue weighted by Crippen LogP contribution is -2.19. The Bertz CT molecular complexity index is 390. The van der Waals surface area contributed by atoms with Gasteiger partial charge in [-0.05, 0) is 37.9 Å². The van der Waals surface area contributed by atoms with Crippen molar-refractivity contribution >= 4 is 7.55 Å². The van der Waals surface area contributed by atoms with Crippen LogP contribution < -0.4 is 0 Å². The van der Waals surface area contributed by atoms with Crippen molar-refractivity contribution < 1.29 is 0 Å². The summed E-state index contributed by atoms with van der Waals surface area (Å²) in [6, 6.07) is 4.03. The molecule has 0 saturated carbocycles.